The third kappa shape index (κ3) is 8.80. The second-order valence-electron chi connectivity index (χ2n) is 12.0. The van der Waals surface area contributed by atoms with E-state index in [1.807, 2.05) is 68.4 Å². The maximum atomic E-state index is 14.7. The van der Waals surface area contributed by atoms with Crippen LogP contribution >= 0.6 is 0 Å². The largest absolute Gasteiger partial charge is 0.494 e. The molecule has 1 fully saturated rings. The fourth-order valence-corrected chi connectivity index (χ4v) is 7.49. The third-order valence-electron chi connectivity index (χ3n) is 8.45. The Bertz CT molecular complexity index is 1720. The average molecular weight is 654 g/mol. The fourth-order valence-electron chi connectivity index (χ4n) is 6.05. The maximum Gasteiger partial charge on any atom is 0.264 e. The van der Waals surface area contributed by atoms with Gasteiger partial charge in [0.25, 0.3) is 10.0 Å². The number of benzene rings is 4. The van der Waals surface area contributed by atoms with Gasteiger partial charge in [-0.25, -0.2) is 8.42 Å². The van der Waals surface area contributed by atoms with Gasteiger partial charge in [0.15, 0.2) is 0 Å². The number of hydrogen-bond acceptors (Lipinski definition) is 5. The van der Waals surface area contributed by atoms with Crippen molar-refractivity contribution in [3.8, 4) is 5.75 Å². The molecule has 0 heterocycles. The quantitative estimate of drug-likeness (QED) is 0.173. The maximum absolute atomic E-state index is 14.7. The number of aryl methyl sites for hydroxylation is 1. The SMILES string of the molecule is CCOc1ccc(N(CC(=O)N(Cc2cccc(C)c2)[C@H](Cc2ccccc2)C(=O)NC2CCCC2)S(=O)(=O)c2ccccc2)cc1. The van der Waals surface area contributed by atoms with E-state index in [9.17, 15) is 18.0 Å². The molecule has 47 heavy (non-hydrogen) atoms. The molecule has 5 rings (SSSR count). The van der Waals surface area contributed by atoms with Crippen LogP contribution in [0.25, 0.3) is 0 Å². The van der Waals surface area contributed by atoms with E-state index in [0.717, 1.165) is 46.7 Å². The normalized spacial score (nSPS) is 13.9. The van der Waals surface area contributed by atoms with E-state index in [1.165, 1.54) is 12.1 Å². The van der Waals surface area contributed by atoms with Crippen LogP contribution in [0.1, 0.15) is 49.3 Å². The van der Waals surface area contributed by atoms with E-state index in [-0.39, 0.29) is 29.8 Å². The molecular formula is C38H43N3O5S. The van der Waals surface area contributed by atoms with Crippen LogP contribution in [0.2, 0.25) is 0 Å². The first-order valence-corrected chi connectivity index (χ1v) is 17.7. The molecule has 9 heteroatoms. The smallest absolute Gasteiger partial charge is 0.264 e. The van der Waals surface area contributed by atoms with Crippen LogP contribution < -0.4 is 14.4 Å². The summed E-state index contributed by atoms with van der Waals surface area (Å²) in [5.41, 5.74) is 3.09. The Hall–Kier alpha value is -4.63. The lowest BCUT2D eigenvalue weighted by molar-refractivity contribution is -0.140. The van der Waals surface area contributed by atoms with Crippen molar-refractivity contribution < 1.29 is 22.7 Å². The van der Waals surface area contributed by atoms with Gasteiger partial charge in [0, 0.05) is 19.0 Å². The Morgan fingerprint density at radius 1 is 0.851 bits per heavy atom. The standard InChI is InChI=1S/C38H43N3O5S/c1-3-46-34-23-21-33(22-24-34)41(47(44,45)35-19-8-5-9-20-35)28-37(42)40(27-31-16-12-13-29(2)25-31)36(26-30-14-6-4-7-15-30)38(43)39-32-17-10-11-18-32/h4-9,12-16,19-25,32,36H,3,10-11,17-18,26-28H2,1-2H3,(H,39,43)/t36-/m1/s1. The van der Waals surface area contributed by atoms with Crippen molar-refractivity contribution in [3.63, 3.8) is 0 Å². The number of ether oxygens (including phenoxy) is 1. The van der Waals surface area contributed by atoms with Crippen LogP contribution in [0.4, 0.5) is 5.69 Å². The van der Waals surface area contributed by atoms with Crippen molar-refractivity contribution in [3.05, 3.63) is 126 Å². The van der Waals surface area contributed by atoms with Crippen molar-refractivity contribution in [1.82, 2.24) is 10.2 Å². The Balaban J connectivity index is 1.56. The predicted molar refractivity (Wildman–Crippen MR) is 185 cm³/mol. The Morgan fingerprint density at radius 2 is 1.49 bits per heavy atom. The molecule has 0 unspecified atom stereocenters. The molecule has 0 radical (unpaired) electrons. The minimum absolute atomic E-state index is 0.0514. The molecule has 4 aromatic carbocycles. The van der Waals surface area contributed by atoms with Crippen LogP contribution in [0.3, 0.4) is 0 Å². The Kier molecular flexibility index (Phi) is 11.3. The first-order chi connectivity index (χ1) is 22.7. The molecule has 8 nitrogen and oxygen atoms in total. The van der Waals surface area contributed by atoms with E-state index >= 15 is 0 Å². The van der Waals surface area contributed by atoms with Crippen LogP contribution in [0.15, 0.2) is 114 Å². The van der Waals surface area contributed by atoms with Gasteiger partial charge < -0.3 is 15.0 Å². The summed E-state index contributed by atoms with van der Waals surface area (Å²) in [6, 6.07) is 31.3. The molecule has 0 spiro atoms. The summed E-state index contributed by atoms with van der Waals surface area (Å²) in [5, 5.41) is 3.21. The zero-order valence-electron chi connectivity index (χ0n) is 27.0. The van der Waals surface area contributed by atoms with E-state index in [1.54, 1.807) is 47.4 Å². The summed E-state index contributed by atoms with van der Waals surface area (Å²) >= 11 is 0. The first kappa shape index (κ1) is 33.7. The van der Waals surface area contributed by atoms with Gasteiger partial charge in [-0.2, -0.15) is 0 Å². The molecular weight excluding hydrogens is 611 g/mol. The number of sulfonamides is 1. The molecule has 2 amide bonds. The van der Waals surface area contributed by atoms with Gasteiger partial charge >= 0.3 is 0 Å². The second-order valence-corrected chi connectivity index (χ2v) is 13.8. The van der Waals surface area contributed by atoms with Gasteiger partial charge in [0.1, 0.15) is 18.3 Å². The zero-order valence-corrected chi connectivity index (χ0v) is 27.9. The van der Waals surface area contributed by atoms with Gasteiger partial charge in [0.05, 0.1) is 17.2 Å². The highest BCUT2D eigenvalue weighted by Gasteiger charge is 2.35. The van der Waals surface area contributed by atoms with Crippen molar-refractivity contribution in [2.24, 2.45) is 0 Å². The summed E-state index contributed by atoms with van der Waals surface area (Å²) in [4.78, 5) is 30.4. The van der Waals surface area contributed by atoms with Crippen LogP contribution in [0.5, 0.6) is 5.75 Å². The van der Waals surface area contributed by atoms with Gasteiger partial charge in [-0.15, -0.1) is 0 Å². The highest BCUT2D eigenvalue weighted by molar-refractivity contribution is 7.92. The van der Waals surface area contributed by atoms with Gasteiger partial charge in [0.2, 0.25) is 11.8 Å². The number of anilines is 1. The van der Waals surface area contributed by atoms with Gasteiger partial charge in [-0.3, -0.25) is 13.9 Å². The third-order valence-corrected chi connectivity index (χ3v) is 10.2. The van der Waals surface area contributed by atoms with Crippen molar-refractivity contribution >= 4 is 27.5 Å². The number of amides is 2. The summed E-state index contributed by atoms with van der Waals surface area (Å²) in [6.45, 7) is 3.95. The minimum Gasteiger partial charge on any atom is -0.494 e. The summed E-state index contributed by atoms with van der Waals surface area (Å²) in [6.07, 6.45) is 4.18. The molecule has 0 aliphatic heterocycles. The Labute approximate surface area is 278 Å². The van der Waals surface area contributed by atoms with E-state index < -0.39 is 28.5 Å². The lowest BCUT2D eigenvalue weighted by Gasteiger charge is -2.34. The Morgan fingerprint density at radius 3 is 2.13 bits per heavy atom. The highest BCUT2D eigenvalue weighted by atomic mass is 32.2. The van der Waals surface area contributed by atoms with Crippen molar-refractivity contribution in [1.29, 1.82) is 0 Å². The molecule has 1 atom stereocenters. The zero-order chi connectivity index (χ0) is 33.2. The molecule has 1 N–H and O–H groups in total. The van der Waals surface area contributed by atoms with E-state index in [2.05, 4.69) is 5.32 Å². The second kappa shape index (κ2) is 15.8. The molecule has 1 saturated carbocycles. The molecule has 1 aliphatic carbocycles. The first-order valence-electron chi connectivity index (χ1n) is 16.2. The lowest BCUT2D eigenvalue weighted by atomic mass is 10.0. The number of nitrogens with zero attached hydrogens (tertiary/aromatic N) is 2. The van der Waals surface area contributed by atoms with Crippen LogP contribution in [-0.2, 0) is 32.6 Å². The van der Waals surface area contributed by atoms with E-state index in [0.29, 0.717) is 18.0 Å². The summed E-state index contributed by atoms with van der Waals surface area (Å²) < 4.78 is 35.1. The van der Waals surface area contributed by atoms with E-state index in [4.69, 9.17) is 4.74 Å². The number of carbonyl (C=O) groups is 2. The number of hydrogen-bond donors (Lipinski definition) is 1. The van der Waals surface area contributed by atoms with Crippen LogP contribution in [-0.4, -0.2) is 50.4 Å². The van der Waals surface area contributed by atoms with Crippen LogP contribution in [0, 0.1) is 6.92 Å². The van der Waals surface area contributed by atoms with Gasteiger partial charge in [-0.1, -0.05) is 91.2 Å². The molecule has 0 saturated heterocycles. The molecule has 4 aromatic rings. The average Bonchev–Trinajstić information content (AvgIpc) is 3.59. The minimum atomic E-state index is -4.17. The van der Waals surface area contributed by atoms with Crippen molar-refractivity contribution in [2.45, 2.75) is 69.5 Å². The lowest BCUT2D eigenvalue weighted by Crippen LogP contribution is -2.54. The number of nitrogens with one attached hydrogen (secondary N) is 1. The predicted octanol–water partition coefficient (Wildman–Crippen LogP) is 6.29. The summed E-state index contributed by atoms with van der Waals surface area (Å²) in [7, 11) is -4.17. The van der Waals surface area contributed by atoms with Crippen molar-refractivity contribution in [2.75, 3.05) is 17.5 Å². The molecule has 0 bridgehead atoms. The molecule has 246 valence electrons. The van der Waals surface area contributed by atoms with Gasteiger partial charge in [-0.05, 0) is 74.2 Å². The fraction of sp³-hybridized carbons (Fsp3) is 0.316. The topological polar surface area (TPSA) is 96.0 Å². The number of carbonyl (C=O) groups excluding carboxylic acids is 2. The monoisotopic (exact) mass is 653 g/mol. The molecule has 1 aliphatic rings. The summed E-state index contributed by atoms with van der Waals surface area (Å²) in [5.74, 6) is -0.130. The number of rotatable bonds is 14. The highest BCUT2D eigenvalue weighted by Crippen LogP contribution is 2.27. The molecule has 0 aromatic heterocycles.